The lowest BCUT2D eigenvalue weighted by Crippen LogP contribution is -2.34. The zero-order chi connectivity index (χ0) is 12.7. The Hall–Kier alpha value is -1.06. The van der Waals surface area contributed by atoms with Gasteiger partial charge < -0.3 is 10.4 Å². The molecule has 0 aromatic heterocycles. The van der Waals surface area contributed by atoms with Crippen LogP contribution in [0.4, 0.5) is 0 Å². The average molecular weight is 241 g/mol. The number of aliphatic carboxylic acids is 1. The molecule has 1 rings (SSSR count). The fourth-order valence-corrected chi connectivity index (χ4v) is 2.47. The minimum atomic E-state index is -0.870. The highest BCUT2D eigenvalue weighted by Gasteiger charge is 2.16. The molecule has 0 unspecified atom stereocenters. The number of hydrogen-bond acceptors (Lipinski definition) is 2. The van der Waals surface area contributed by atoms with Crippen LogP contribution in [-0.4, -0.2) is 23.0 Å². The van der Waals surface area contributed by atoms with Crippen molar-refractivity contribution in [2.75, 3.05) is 0 Å². The van der Waals surface area contributed by atoms with Gasteiger partial charge in [-0.1, -0.05) is 32.1 Å². The lowest BCUT2D eigenvalue weighted by Gasteiger charge is -2.21. The highest BCUT2D eigenvalue weighted by molar-refractivity contribution is 5.77. The molecule has 4 heteroatoms. The lowest BCUT2D eigenvalue weighted by molar-refractivity contribution is -0.137. The second kappa shape index (κ2) is 7.30. The van der Waals surface area contributed by atoms with Gasteiger partial charge in [-0.05, 0) is 19.3 Å². The summed E-state index contributed by atoms with van der Waals surface area (Å²) in [6.45, 7) is 1.73. The zero-order valence-corrected chi connectivity index (χ0v) is 10.6. The van der Waals surface area contributed by atoms with Gasteiger partial charge in [0, 0.05) is 12.5 Å². The Bertz CT molecular complexity index is 259. The number of carbonyl (C=O) groups excluding carboxylic acids is 1. The van der Waals surface area contributed by atoms with E-state index in [9.17, 15) is 9.59 Å². The second-order valence-corrected chi connectivity index (χ2v) is 5.11. The number of amides is 1. The van der Waals surface area contributed by atoms with E-state index in [2.05, 4.69) is 5.32 Å². The topological polar surface area (TPSA) is 66.4 Å². The van der Waals surface area contributed by atoms with Crippen LogP contribution in [0.3, 0.4) is 0 Å². The number of carbonyl (C=O) groups is 2. The van der Waals surface area contributed by atoms with Crippen LogP contribution >= 0.6 is 0 Å². The maximum absolute atomic E-state index is 11.6. The van der Waals surface area contributed by atoms with Crippen LogP contribution in [0.25, 0.3) is 0 Å². The van der Waals surface area contributed by atoms with E-state index in [-0.39, 0.29) is 18.4 Å². The van der Waals surface area contributed by atoms with Crippen LogP contribution in [0, 0.1) is 5.92 Å². The molecule has 0 heterocycles. The van der Waals surface area contributed by atoms with Crippen LogP contribution < -0.4 is 5.32 Å². The summed E-state index contributed by atoms with van der Waals surface area (Å²) in [5.41, 5.74) is 0. The van der Waals surface area contributed by atoms with Gasteiger partial charge in [0.25, 0.3) is 0 Å². The van der Waals surface area contributed by atoms with Gasteiger partial charge in [0.05, 0.1) is 6.42 Å². The molecular weight excluding hydrogens is 218 g/mol. The van der Waals surface area contributed by atoms with Crippen LogP contribution in [0.1, 0.15) is 58.3 Å². The predicted octanol–water partition coefficient (Wildman–Crippen LogP) is 2.33. The summed E-state index contributed by atoms with van der Waals surface area (Å²) >= 11 is 0. The van der Waals surface area contributed by atoms with E-state index in [0.29, 0.717) is 12.3 Å². The molecule has 4 nitrogen and oxygen atoms in total. The molecule has 1 aliphatic carbocycles. The molecule has 98 valence electrons. The van der Waals surface area contributed by atoms with Crippen LogP contribution in [0.2, 0.25) is 0 Å². The number of hydrogen-bond donors (Lipinski definition) is 2. The fraction of sp³-hybridized carbons (Fsp3) is 0.846. The average Bonchev–Trinajstić information content (AvgIpc) is 2.26. The minimum Gasteiger partial charge on any atom is -0.481 e. The molecule has 0 bridgehead atoms. The van der Waals surface area contributed by atoms with Crippen molar-refractivity contribution >= 4 is 11.9 Å². The van der Waals surface area contributed by atoms with Crippen molar-refractivity contribution in [3.63, 3.8) is 0 Å². The molecule has 0 aliphatic heterocycles. The third kappa shape index (κ3) is 6.29. The van der Waals surface area contributed by atoms with Gasteiger partial charge in [-0.3, -0.25) is 9.59 Å². The number of carboxylic acids is 1. The number of nitrogens with one attached hydrogen (secondary N) is 1. The summed E-state index contributed by atoms with van der Waals surface area (Å²) < 4.78 is 0. The largest absolute Gasteiger partial charge is 0.481 e. The molecule has 0 spiro atoms. The van der Waals surface area contributed by atoms with E-state index in [0.717, 1.165) is 6.42 Å². The predicted molar refractivity (Wildman–Crippen MR) is 65.7 cm³/mol. The first kappa shape index (κ1) is 14.0. The van der Waals surface area contributed by atoms with Gasteiger partial charge in [0.2, 0.25) is 5.91 Å². The molecule has 0 radical (unpaired) electrons. The van der Waals surface area contributed by atoms with Crippen LogP contribution in [0.5, 0.6) is 0 Å². The van der Waals surface area contributed by atoms with Crippen molar-refractivity contribution in [1.82, 2.24) is 5.32 Å². The highest BCUT2D eigenvalue weighted by atomic mass is 16.4. The molecular formula is C13H23NO3. The SMILES string of the molecule is C[C@@H](CC(=O)O)NC(=O)CCC1CCCCC1. The molecule has 17 heavy (non-hydrogen) atoms. The van der Waals surface area contributed by atoms with Crippen LogP contribution in [0.15, 0.2) is 0 Å². The number of carboxylic acid groups (broad SMARTS) is 1. The minimum absolute atomic E-state index is 0.00479. The molecule has 2 N–H and O–H groups in total. The smallest absolute Gasteiger partial charge is 0.305 e. The second-order valence-electron chi connectivity index (χ2n) is 5.11. The maximum atomic E-state index is 11.6. The number of rotatable bonds is 6. The highest BCUT2D eigenvalue weighted by Crippen LogP contribution is 2.27. The fourth-order valence-electron chi connectivity index (χ4n) is 2.47. The first-order valence-corrected chi connectivity index (χ1v) is 6.59. The van der Waals surface area contributed by atoms with Crippen molar-refractivity contribution in [3.05, 3.63) is 0 Å². The zero-order valence-electron chi connectivity index (χ0n) is 10.6. The van der Waals surface area contributed by atoms with Gasteiger partial charge >= 0.3 is 5.97 Å². The Morgan fingerprint density at radius 3 is 2.53 bits per heavy atom. The summed E-state index contributed by atoms with van der Waals surface area (Å²) in [6.07, 6.45) is 7.90. The summed E-state index contributed by atoms with van der Waals surface area (Å²) in [7, 11) is 0. The first-order chi connectivity index (χ1) is 8.08. The molecule has 1 amide bonds. The maximum Gasteiger partial charge on any atom is 0.305 e. The van der Waals surface area contributed by atoms with Crippen molar-refractivity contribution in [1.29, 1.82) is 0 Å². The third-order valence-corrected chi connectivity index (χ3v) is 3.39. The molecule has 0 aromatic carbocycles. The Labute approximate surface area is 103 Å². The third-order valence-electron chi connectivity index (χ3n) is 3.39. The summed E-state index contributed by atoms with van der Waals surface area (Å²) in [6, 6.07) is -0.272. The van der Waals surface area contributed by atoms with E-state index in [1.807, 2.05) is 0 Å². The Morgan fingerprint density at radius 2 is 1.94 bits per heavy atom. The lowest BCUT2D eigenvalue weighted by atomic mass is 9.86. The van der Waals surface area contributed by atoms with Crippen LogP contribution in [-0.2, 0) is 9.59 Å². The Morgan fingerprint density at radius 1 is 1.29 bits per heavy atom. The standard InChI is InChI=1S/C13H23NO3/c1-10(9-13(16)17)14-12(15)8-7-11-5-3-2-4-6-11/h10-11H,2-9H2,1H3,(H,14,15)(H,16,17)/t10-/m0/s1. The van der Waals surface area contributed by atoms with E-state index < -0.39 is 5.97 Å². The molecule has 1 atom stereocenters. The Balaban J connectivity index is 2.13. The van der Waals surface area contributed by atoms with E-state index >= 15 is 0 Å². The molecule has 1 fully saturated rings. The van der Waals surface area contributed by atoms with E-state index in [1.54, 1.807) is 6.92 Å². The monoisotopic (exact) mass is 241 g/mol. The van der Waals surface area contributed by atoms with Crippen molar-refractivity contribution in [2.45, 2.75) is 64.3 Å². The molecule has 1 saturated carbocycles. The van der Waals surface area contributed by atoms with Crippen molar-refractivity contribution in [2.24, 2.45) is 5.92 Å². The van der Waals surface area contributed by atoms with E-state index in [1.165, 1.54) is 32.1 Å². The normalized spacial score (nSPS) is 18.6. The van der Waals surface area contributed by atoms with E-state index in [4.69, 9.17) is 5.11 Å². The summed E-state index contributed by atoms with van der Waals surface area (Å²) in [5.74, 6) is -0.182. The quantitative estimate of drug-likeness (QED) is 0.750. The molecule has 0 saturated heterocycles. The van der Waals surface area contributed by atoms with Gasteiger partial charge in [-0.15, -0.1) is 0 Å². The van der Waals surface area contributed by atoms with Gasteiger partial charge in [-0.2, -0.15) is 0 Å². The van der Waals surface area contributed by atoms with Crippen molar-refractivity contribution < 1.29 is 14.7 Å². The van der Waals surface area contributed by atoms with Gasteiger partial charge in [0.1, 0.15) is 0 Å². The summed E-state index contributed by atoms with van der Waals surface area (Å²) in [4.78, 5) is 22.0. The van der Waals surface area contributed by atoms with Gasteiger partial charge in [-0.25, -0.2) is 0 Å². The molecule has 1 aliphatic rings. The van der Waals surface area contributed by atoms with Gasteiger partial charge in [0.15, 0.2) is 0 Å². The summed E-state index contributed by atoms with van der Waals surface area (Å²) in [5, 5.41) is 11.3. The Kier molecular flexibility index (Phi) is 6.01. The van der Waals surface area contributed by atoms with Crippen molar-refractivity contribution in [3.8, 4) is 0 Å². The molecule has 0 aromatic rings. The first-order valence-electron chi connectivity index (χ1n) is 6.59.